The van der Waals surface area contributed by atoms with Crippen molar-refractivity contribution in [3.8, 4) is 34.2 Å². The number of hydrogen-bond acceptors (Lipinski definition) is 4. The molecular formula is C39H32N6. The van der Waals surface area contributed by atoms with Crippen LogP contribution in [0.3, 0.4) is 0 Å². The summed E-state index contributed by atoms with van der Waals surface area (Å²) in [6.45, 7) is 4.54. The molecule has 218 valence electrons. The van der Waals surface area contributed by atoms with Crippen LogP contribution in [0.15, 0.2) is 122 Å². The highest BCUT2D eigenvalue weighted by molar-refractivity contribution is 6.21. The summed E-state index contributed by atoms with van der Waals surface area (Å²) in [5.41, 5.74) is 10.7. The van der Waals surface area contributed by atoms with Crippen LogP contribution in [0.1, 0.15) is 31.5 Å². The quantitative estimate of drug-likeness (QED) is 0.187. The summed E-state index contributed by atoms with van der Waals surface area (Å²) in [6.07, 6.45) is 10.2. The van der Waals surface area contributed by atoms with E-state index in [1.54, 1.807) is 24.8 Å². The zero-order valence-corrected chi connectivity index (χ0v) is 25.4. The number of nitrogens with zero attached hydrogens (tertiary/aromatic N) is 6. The fraction of sp³-hybridized carbons (Fsp3) is 0.128. The van der Waals surface area contributed by atoms with Crippen LogP contribution in [0.5, 0.6) is 0 Å². The maximum Gasteiger partial charge on any atom is 0.159 e. The SMILES string of the molecule is CCCc1c(CC)c2ccc3c(c4ccccc4n3-c3ccc(-c4ncccn4)cc3)c2n1-c1ccc(-c2ncccn2)cc1. The lowest BCUT2D eigenvalue weighted by atomic mass is 10.0. The van der Waals surface area contributed by atoms with Gasteiger partial charge in [0.25, 0.3) is 0 Å². The number of benzene rings is 4. The van der Waals surface area contributed by atoms with E-state index in [-0.39, 0.29) is 0 Å². The first kappa shape index (κ1) is 27.0. The first-order valence-corrected chi connectivity index (χ1v) is 15.6. The molecule has 4 aromatic heterocycles. The third-order valence-corrected chi connectivity index (χ3v) is 8.72. The van der Waals surface area contributed by atoms with E-state index < -0.39 is 0 Å². The van der Waals surface area contributed by atoms with Gasteiger partial charge in [-0.05, 0) is 91.2 Å². The molecule has 0 aliphatic rings. The summed E-state index contributed by atoms with van der Waals surface area (Å²) in [5.74, 6) is 1.46. The van der Waals surface area contributed by atoms with Crippen LogP contribution in [-0.4, -0.2) is 29.1 Å². The molecule has 4 aromatic carbocycles. The highest BCUT2D eigenvalue weighted by Crippen LogP contribution is 2.41. The molecule has 0 saturated heterocycles. The summed E-state index contributed by atoms with van der Waals surface area (Å²) >= 11 is 0. The first-order chi connectivity index (χ1) is 22.3. The van der Waals surface area contributed by atoms with Gasteiger partial charge in [-0.25, -0.2) is 19.9 Å². The smallest absolute Gasteiger partial charge is 0.159 e. The van der Waals surface area contributed by atoms with Crippen LogP contribution >= 0.6 is 0 Å². The van der Waals surface area contributed by atoms with Gasteiger partial charge >= 0.3 is 0 Å². The Morgan fingerprint density at radius 3 is 1.69 bits per heavy atom. The Balaban J connectivity index is 1.40. The summed E-state index contributed by atoms with van der Waals surface area (Å²) in [5, 5.41) is 3.84. The van der Waals surface area contributed by atoms with Gasteiger partial charge in [-0.3, -0.25) is 0 Å². The second-order valence-corrected chi connectivity index (χ2v) is 11.3. The zero-order valence-electron chi connectivity index (χ0n) is 25.4. The van der Waals surface area contributed by atoms with Gasteiger partial charge in [-0.2, -0.15) is 0 Å². The third kappa shape index (κ3) is 4.41. The summed E-state index contributed by atoms with van der Waals surface area (Å²) in [6, 6.07) is 34.4. The van der Waals surface area contributed by atoms with Gasteiger partial charge in [0.15, 0.2) is 11.6 Å². The van der Waals surface area contributed by atoms with Gasteiger partial charge in [0.2, 0.25) is 0 Å². The van der Waals surface area contributed by atoms with Crippen molar-refractivity contribution in [2.45, 2.75) is 33.1 Å². The lowest BCUT2D eigenvalue weighted by molar-refractivity contribution is 0.836. The Morgan fingerprint density at radius 1 is 0.533 bits per heavy atom. The van der Waals surface area contributed by atoms with Crippen molar-refractivity contribution in [3.05, 3.63) is 133 Å². The van der Waals surface area contributed by atoms with Crippen LogP contribution < -0.4 is 0 Å². The molecular weight excluding hydrogens is 552 g/mol. The highest BCUT2D eigenvalue weighted by atomic mass is 15.0. The molecule has 0 N–H and O–H groups in total. The minimum absolute atomic E-state index is 0.728. The van der Waals surface area contributed by atoms with E-state index in [2.05, 4.69) is 128 Å². The average molecular weight is 585 g/mol. The second kappa shape index (κ2) is 11.1. The van der Waals surface area contributed by atoms with E-state index in [0.717, 1.165) is 53.4 Å². The number of aryl methyl sites for hydroxylation is 1. The van der Waals surface area contributed by atoms with Crippen LogP contribution in [0, 0.1) is 0 Å². The van der Waals surface area contributed by atoms with Crippen molar-refractivity contribution in [2.24, 2.45) is 0 Å². The second-order valence-electron chi connectivity index (χ2n) is 11.3. The Kier molecular flexibility index (Phi) is 6.68. The van der Waals surface area contributed by atoms with Gasteiger partial charge in [-0.1, -0.05) is 44.5 Å². The van der Waals surface area contributed by atoms with Gasteiger partial charge in [0.05, 0.1) is 16.6 Å². The maximum atomic E-state index is 4.47. The molecule has 0 bridgehead atoms. The normalized spacial score (nSPS) is 11.6. The first-order valence-electron chi connectivity index (χ1n) is 15.6. The molecule has 4 heterocycles. The van der Waals surface area contributed by atoms with Crippen molar-refractivity contribution in [1.82, 2.24) is 29.1 Å². The van der Waals surface area contributed by atoms with Gasteiger partial charge < -0.3 is 9.13 Å². The number of para-hydroxylation sites is 1. The minimum Gasteiger partial charge on any atom is -0.313 e. The van der Waals surface area contributed by atoms with Gasteiger partial charge in [-0.15, -0.1) is 0 Å². The molecule has 0 amide bonds. The Hall–Kier alpha value is -5.62. The van der Waals surface area contributed by atoms with Crippen molar-refractivity contribution in [1.29, 1.82) is 0 Å². The van der Waals surface area contributed by atoms with Crippen LogP contribution in [0.4, 0.5) is 0 Å². The largest absolute Gasteiger partial charge is 0.313 e. The minimum atomic E-state index is 0.728. The molecule has 6 nitrogen and oxygen atoms in total. The molecule has 0 aliphatic carbocycles. The molecule has 0 radical (unpaired) electrons. The number of fused-ring (bicyclic) bond motifs is 5. The molecule has 0 spiro atoms. The van der Waals surface area contributed by atoms with Crippen LogP contribution in [0.25, 0.3) is 66.9 Å². The van der Waals surface area contributed by atoms with E-state index in [9.17, 15) is 0 Å². The molecule has 0 aliphatic heterocycles. The Bertz CT molecular complexity index is 2280. The number of hydrogen-bond donors (Lipinski definition) is 0. The lowest BCUT2D eigenvalue weighted by Crippen LogP contribution is -2.02. The third-order valence-electron chi connectivity index (χ3n) is 8.72. The van der Waals surface area contributed by atoms with Crippen molar-refractivity contribution in [2.75, 3.05) is 0 Å². The highest BCUT2D eigenvalue weighted by Gasteiger charge is 2.23. The van der Waals surface area contributed by atoms with Crippen molar-refractivity contribution in [3.63, 3.8) is 0 Å². The van der Waals surface area contributed by atoms with Gasteiger partial charge in [0, 0.05) is 69.1 Å². The fourth-order valence-electron chi connectivity index (χ4n) is 6.82. The summed E-state index contributed by atoms with van der Waals surface area (Å²) in [7, 11) is 0. The molecule has 8 rings (SSSR count). The average Bonchev–Trinajstić information content (AvgIpc) is 3.61. The lowest BCUT2D eigenvalue weighted by Gasteiger charge is -2.13. The Morgan fingerprint density at radius 2 is 1.11 bits per heavy atom. The monoisotopic (exact) mass is 584 g/mol. The van der Waals surface area contributed by atoms with E-state index >= 15 is 0 Å². The van der Waals surface area contributed by atoms with E-state index in [1.165, 1.54) is 44.0 Å². The predicted octanol–water partition coefficient (Wildman–Crippen LogP) is 9.16. The predicted molar refractivity (Wildman–Crippen MR) is 183 cm³/mol. The molecule has 6 heteroatoms. The van der Waals surface area contributed by atoms with Crippen molar-refractivity contribution >= 4 is 32.7 Å². The van der Waals surface area contributed by atoms with Gasteiger partial charge in [0.1, 0.15) is 0 Å². The molecule has 0 fully saturated rings. The standard InChI is InChI=1S/C39H32N6/c1-3-9-33-30(4-2)31-20-21-35-36(37(31)45(33)29-18-14-27(15-19-29)39-42-24-8-25-43-39)32-10-5-6-11-34(32)44(35)28-16-12-26(13-17-28)38-40-22-7-23-41-38/h5-8,10-25H,3-4,9H2,1-2H3. The molecule has 45 heavy (non-hydrogen) atoms. The molecule has 0 atom stereocenters. The number of rotatable bonds is 7. The fourth-order valence-corrected chi connectivity index (χ4v) is 6.82. The summed E-state index contributed by atoms with van der Waals surface area (Å²) in [4.78, 5) is 17.8. The zero-order chi connectivity index (χ0) is 30.3. The van der Waals surface area contributed by atoms with E-state index in [1.807, 2.05) is 12.1 Å². The van der Waals surface area contributed by atoms with E-state index in [0.29, 0.717) is 0 Å². The maximum absolute atomic E-state index is 4.47. The molecule has 0 saturated carbocycles. The molecule has 0 unspecified atom stereocenters. The number of aromatic nitrogens is 6. The van der Waals surface area contributed by atoms with Crippen molar-refractivity contribution < 1.29 is 0 Å². The summed E-state index contributed by atoms with van der Waals surface area (Å²) < 4.78 is 4.90. The Labute approximate surface area is 261 Å². The van der Waals surface area contributed by atoms with Crippen LogP contribution in [0.2, 0.25) is 0 Å². The van der Waals surface area contributed by atoms with E-state index in [4.69, 9.17) is 0 Å². The van der Waals surface area contributed by atoms with Crippen LogP contribution in [-0.2, 0) is 12.8 Å². The molecule has 8 aromatic rings. The topological polar surface area (TPSA) is 61.4 Å².